The van der Waals surface area contributed by atoms with Gasteiger partial charge in [-0.3, -0.25) is 4.98 Å². The summed E-state index contributed by atoms with van der Waals surface area (Å²) in [6.07, 6.45) is 2.84. The first-order valence-electron chi connectivity index (χ1n) is 5.87. The Morgan fingerprint density at radius 2 is 2.19 bits per heavy atom. The molecule has 3 rings (SSSR count). The molecule has 8 heteroatoms. The lowest BCUT2D eigenvalue weighted by molar-refractivity contribution is 0.0684. The summed E-state index contributed by atoms with van der Waals surface area (Å²) in [6, 6.07) is 4.16. The van der Waals surface area contributed by atoms with Crippen molar-refractivity contribution in [3.05, 3.63) is 42.2 Å². The number of halogens is 1. The Morgan fingerprint density at radius 3 is 2.90 bits per heavy atom. The van der Waals surface area contributed by atoms with E-state index in [1.807, 2.05) is 0 Å². The molecule has 0 unspecified atom stereocenters. The van der Waals surface area contributed by atoms with E-state index in [-0.39, 0.29) is 5.82 Å². The maximum Gasteiger partial charge on any atom is 0.375 e. The normalized spacial score (nSPS) is 10.8. The number of fused-ring (bicyclic) bond motifs is 1. The van der Waals surface area contributed by atoms with Gasteiger partial charge in [-0.05, 0) is 12.1 Å². The SMILES string of the molecule is COc1cc(F)cc(-c2cn3nc(C(=O)O)nc3cn2)c1. The molecule has 0 fully saturated rings. The van der Waals surface area contributed by atoms with Crippen LogP contribution in [0.2, 0.25) is 0 Å². The monoisotopic (exact) mass is 288 g/mol. The molecular weight excluding hydrogens is 279 g/mol. The second-order valence-electron chi connectivity index (χ2n) is 4.20. The molecule has 0 bridgehead atoms. The predicted octanol–water partition coefficient (Wildman–Crippen LogP) is 1.64. The minimum absolute atomic E-state index is 0.291. The number of carbonyl (C=O) groups is 1. The highest BCUT2D eigenvalue weighted by Crippen LogP contribution is 2.24. The molecule has 0 spiro atoms. The van der Waals surface area contributed by atoms with E-state index in [0.717, 1.165) is 0 Å². The van der Waals surface area contributed by atoms with E-state index in [1.54, 1.807) is 6.07 Å². The summed E-state index contributed by atoms with van der Waals surface area (Å²) in [7, 11) is 1.44. The van der Waals surface area contributed by atoms with E-state index in [4.69, 9.17) is 9.84 Å². The molecule has 0 aliphatic rings. The van der Waals surface area contributed by atoms with Gasteiger partial charge in [0.25, 0.3) is 5.82 Å². The van der Waals surface area contributed by atoms with Crippen LogP contribution in [-0.2, 0) is 0 Å². The van der Waals surface area contributed by atoms with Crippen LogP contribution in [0.4, 0.5) is 4.39 Å². The first-order valence-corrected chi connectivity index (χ1v) is 5.87. The van der Waals surface area contributed by atoms with Crippen LogP contribution in [0.15, 0.2) is 30.6 Å². The van der Waals surface area contributed by atoms with Crippen LogP contribution in [0.25, 0.3) is 16.9 Å². The largest absolute Gasteiger partial charge is 0.497 e. The van der Waals surface area contributed by atoms with Crippen molar-refractivity contribution in [1.82, 2.24) is 19.6 Å². The van der Waals surface area contributed by atoms with Gasteiger partial charge < -0.3 is 9.84 Å². The maximum atomic E-state index is 13.5. The third-order valence-corrected chi connectivity index (χ3v) is 2.82. The number of aromatic nitrogens is 4. The van der Waals surface area contributed by atoms with E-state index in [9.17, 15) is 9.18 Å². The van der Waals surface area contributed by atoms with Gasteiger partial charge in [-0.1, -0.05) is 0 Å². The van der Waals surface area contributed by atoms with E-state index < -0.39 is 11.8 Å². The molecule has 2 aromatic heterocycles. The molecule has 0 aliphatic heterocycles. The van der Waals surface area contributed by atoms with Gasteiger partial charge in [0.15, 0.2) is 5.65 Å². The average molecular weight is 288 g/mol. The Bertz CT molecular complexity index is 847. The first-order chi connectivity index (χ1) is 10.1. The van der Waals surface area contributed by atoms with Gasteiger partial charge in [0.1, 0.15) is 11.6 Å². The van der Waals surface area contributed by atoms with Crippen molar-refractivity contribution in [3.8, 4) is 17.0 Å². The lowest BCUT2D eigenvalue weighted by Gasteiger charge is -2.05. The van der Waals surface area contributed by atoms with Gasteiger partial charge in [-0.25, -0.2) is 13.7 Å². The highest BCUT2D eigenvalue weighted by molar-refractivity contribution is 5.83. The van der Waals surface area contributed by atoms with E-state index in [0.29, 0.717) is 22.7 Å². The summed E-state index contributed by atoms with van der Waals surface area (Å²) in [5.41, 5.74) is 1.20. The summed E-state index contributed by atoms with van der Waals surface area (Å²) in [6.45, 7) is 0. The van der Waals surface area contributed by atoms with E-state index in [1.165, 1.54) is 36.2 Å². The fraction of sp³-hybridized carbons (Fsp3) is 0.0769. The predicted molar refractivity (Wildman–Crippen MR) is 69.7 cm³/mol. The van der Waals surface area contributed by atoms with Crippen LogP contribution in [-0.4, -0.2) is 37.8 Å². The van der Waals surface area contributed by atoms with E-state index >= 15 is 0 Å². The van der Waals surface area contributed by atoms with Crippen LogP contribution in [0.1, 0.15) is 10.6 Å². The standard InChI is InChI=1S/C13H9FN4O3/c1-21-9-3-7(2-8(14)4-9)10-6-18-11(5-15-10)16-12(17-18)13(19)20/h2-6H,1H3,(H,19,20). The first kappa shape index (κ1) is 13.0. The van der Waals surface area contributed by atoms with Crippen molar-refractivity contribution in [1.29, 1.82) is 0 Å². The van der Waals surface area contributed by atoms with Crippen molar-refractivity contribution in [2.75, 3.05) is 7.11 Å². The van der Waals surface area contributed by atoms with Gasteiger partial charge in [0.2, 0.25) is 0 Å². The molecule has 0 saturated heterocycles. The second kappa shape index (κ2) is 4.82. The van der Waals surface area contributed by atoms with Crippen LogP contribution >= 0.6 is 0 Å². The Labute approximate surface area is 117 Å². The molecule has 0 aliphatic carbocycles. The third kappa shape index (κ3) is 2.38. The Balaban J connectivity index is 2.12. The Kier molecular flexibility index (Phi) is 2.98. The number of rotatable bonds is 3. The van der Waals surface area contributed by atoms with Crippen molar-refractivity contribution >= 4 is 11.6 Å². The van der Waals surface area contributed by atoms with Crippen molar-refractivity contribution in [2.24, 2.45) is 0 Å². The minimum atomic E-state index is -1.23. The second-order valence-corrected chi connectivity index (χ2v) is 4.20. The zero-order valence-electron chi connectivity index (χ0n) is 10.8. The zero-order valence-corrected chi connectivity index (χ0v) is 10.8. The molecule has 106 valence electrons. The zero-order chi connectivity index (χ0) is 15.0. The minimum Gasteiger partial charge on any atom is -0.497 e. The summed E-state index contributed by atoms with van der Waals surface area (Å²) >= 11 is 0. The molecule has 7 nitrogen and oxygen atoms in total. The molecule has 0 radical (unpaired) electrons. The number of carboxylic acids is 1. The van der Waals surface area contributed by atoms with Crippen LogP contribution < -0.4 is 4.74 Å². The topological polar surface area (TPSA) is 89.6 Å². The van der Waals surface area contributed by atoms with Crippen LogP contribution in [0, 0.1) is 5.82 Å². The number of ether oxygens (including phenoxy) is 1. The summed E-state index contributed by atoms with van der Waals surface area (Å²) < 4.78 is 19.8. The Hall–Kier alpha value is -3.03. The molecule has 0 amide bonds. The molecule has 0 saturated carbocycles. The van der Waals surface area contributed by atoms with Gasteiger partial charge in [0, 0.05) is 11.6 Å². The molecular formula is C13H9FN4O3. The number of methoxy groups -OCH3 is 1. The Morgan fingerprint density at radius 1 is 1.38 bits per heavy atom. The highest BCUT2D eigenvalue weighted by Gasteiger charge is 2.12. The molecule has 1 N–H and O–H groups in total. The fourth-order valence-corrected chi connectivity index (χ4v) is 1.86. The number of nitrogens with zero attached hydrogens (tertiary/aromatic N) is 4. The summed E-state index contributed by atoms with van der Waals surface area (Å²) in [5.74, 6) is -1.66. The lowest BCUT2D eigenvalue weighted by atomic mass is 10.1. The third-order valence-electron chi connectivity index (χ3n) is 2.82. The molecule has 1 aromatic carbocycles. The summed E-state index contributed by atoms with van der Waals surface area (Å²) in [4.78, 5) is 18.7. The molecule has 0 atom stereocenters. The quantitative estimate of drug-likeness (QED) is 0.788. The lowest BCUT2D eigenvalue weighted by Crippen LogP contribution is -1.99. The number of hydrogen-bond acceptors (Lipinski definition) is 5. The van der Waals surface area contributed by atoms with E-state index in [2.05, 4.69) is 15.1 Å². The number of benzene rings is 1. The number of hydrogen-bond donors (Lipinski definition) is 1. The van der Waals surface area contributed by atoms with Crippen molar-refractivity contribution in [3.63, 3.8) is 0 Å². The van der Waals surface area contributed by atoms with Crippen molar-refractivity contribution in [2.45, 2.75) is 0 Å². The van der Waals surface area contributed by atoms with Gasteiger partial charge in [0.05, 0.1) is 25.2 Å². The maximum absolute atomic E-state index is 13.5. The molecule has 21 heavy (non-hydrogen) atoms. The molecule has 3 aromatic rings. The number of aromatic carboxylic acids is 1. The molecule has 2 heterocycles. The average Bonchev–Trinajstić information content (AvgIpc) is 2.89. The van der Waals surface area contributed by atoms with Crippen LogP contribution in [0.3, 0.4) is 0 Å². The number of carboxylic acid groups (broad SMARTS) is 1. The van der Waals surface area contributed by atoms with Gasteiger partial charge >= 0.3 is 5.97 Å². The highest BCUT2D eigenvalue weighted by atomic mass is 19.1. The van der Waals surface area contributed by atoms with Gasteiger partial charge in [-0.2, -0.15) is 4.98 Å². The summed E-state index contributed by atoms with van der Waals surface area (Å²) in [5, 5.41) is 12.7. The fourth-order valence-electron chi connectivity index (χ4n) is 1.86. The smallest absolute Gasteiger partial charge is 0.375 e. The van der Waals surface area contributed by atoms with Gasteiger partial charge in [-0.15, -0.1) is 5.10 Å². The van der Waals surface area contributed by atoms with Crippen LogP contribution in [0.5, 0.6) is 5.75 Å². The van der Waals surface area contributed by atoms with Crippen molar-refractivity contribution < 1.29 is 19.0 Å².